The highest BCUT2D eigenvalue weighted by atomic mass is 32.2. The average molecular weight is 579 g/mol. The highest BCUT2D eigenvalue weighted by molar-refractivity contribution is 8.00. The fourth-order valence-corrected chi connectivity index (χ4v) is 6.99. The number of hydrogen-bond acceptors (Lipinski definition) is 7. The number of benzene rings is 2. The standard InChI is InChI=1S/C30H30N2O6S2/c1-3-23(39-21-11-7-10-20(17-21)31-25(33)14-15-26(34)35)28(36)32-29-27(30(37)38-2)22-13-12-19(16-24(22)40-29)18-8-5-4-6-9-18/h4-11,14-15,17,19,23H,3,12-13,16H2,1-2H3,(H,31,33)(H,32,36)(H,34,35)/b15-14+. The number of methoxy groups -OCH3 is 1. The zero-order chi connectivity index (χ0) is 28.6. The molecule has 2 unspecified atom stereocenters. The first-order valence-corrected chi connectivity index (χ1v) is 14.6. The van der Waals surface area contributed by atoms with Crippen LogP contribution in [0.4, 0.5) is 10.7 Å². The molecule has 0 spiro atoms. The van der Waals surface area contributed by atoms with E-state index in [2.05, 4.69) is 22.8 Å². The fraction of sp³-hybridized carbons (Fsp3) is 0.267. The van der Waals surface area contributed by atoms with Gasteiger partial charge in [-0.3, -0.25) is 9.59 Å². The maximum Gasteiger partial charge on any atom is 0.341 e. The van der Waals surface area contributed by atoms with Crippen molar-refractivity contribution in [3.05, 3.63) is 88.3 Å². The summed E-state index contributed by atoms with van der Waals surface area (Å²) in [5.41, 5.74) is 3.15. The molecule has 1 aliphatic rings. The molecule has 3 N–H and O–H groups in total. The zero-order valence-corrected chi connectivity index (χ0v) is 23.8. The summed E-state index contributed by atoms with van der Waals surface area (Å²) in [5.74, 6) is -2.11. The Balaban J connectivity index is 1.49. The molecule has 0 saturated carbocycles. The van der Waals surface area contributed by atoms with Crippen molar-refractivity contribution >= 4 is 57.5 Å². The molecule has 0 aliphatic heterocycles. The maximum absolute atomic E-state index is 13.4. The van der Waals surface area contributed by atoms with E-state index >= 15 is 0 Å². The van der Waals surface area contributed by atoms with Crippen LogP contribution < -0.4 is 10.6 Å². The minimum absolute atomic E-state index is 0.227. The highest BCUT2D eigenvalue weighted by Crippen LogP contribution is 2.43. The lowest BCUT2D eigenvalue weighted by molar-refractivity contribution is -0.131. The van der Waals surface area contributed by atoms with Crippen LogP contribution >= 0.6 is 23.1 Å². The number of rotatable bonds is 10. The van der Waals surface area contributed by atoms with Gasteiger partial charge in [0.2, 0.25) is 11.8 Å². The summed E-state index contributed by atoms with van der Waals surface area (Å²) in [6.07, 6.45) is 4.68. The van der Waals surface area contributed by atoms with Crippen molar-refractivity contribution in [2.75, 3.05) is 17.7 Å². The Hall–Kier alpha value is -3.89. The number of amides is 2. The first kappa shape index (κ1) is 29.1. The third-order valence-corrected chi connectivity index (χ3v) is 9.11. The van der Waals surface area contributed by atoms with Crippen molar-refractivity contribution in [2.24, 2.45) is 0 Å². The first-order chi connectivity index (χ1) is 19.3. The van der Waals surface area contributed by atoms with Crippen LogP contribution in [-0.2, 0) is 32.0 Å². The van der Waals surface area contributed by atoms with Crippen LogP contribution in [0.25, 0.3) is 0 Å². The predicted molar refractivity (Wildman–Crippen MR) is 157 cm³/mol. The number of ether oxygens (including phenoxy) is 1. The van der Waals surface area contributed by atoms with Crippen molar-refractivity contribution < 1.29 is 29.0 Å². The Morgan fingerprint density at radius 1 is 1.10 bits per heavy atom. The second-order valence-corrected chi connectivity index (χ2v) is 11.6. The minimum Gasteiger partial charge on any atom is -0.478 e. The van der Waals surface area contributed by atoms with E-state index in [1.54, 1.807) is 18.2 Å². The fourth-order valence-electron chi connectivity index (χ4n) is 4.66. The molecule has 3 aromatic rings. The van der Waals surface area contributed by atoms with Gasteiger partial charge in [-0.1, -0.05) is 43.3 Å². The van der Waals surface area contributed by atoms with Gasteiger partial charge >= 0.3 is 11.9 Å². The number of carboxylic acid groups (broad SMARTS) is 1. The van der Waals surface area contributed by atoms with E-state index in [4.69, 9.17) is 9.84 Å². The van der Waals surface area contributed by atoms with Crippen LogP contribution in [0.1, 0.15) is 52.0 Å². The van der Waals surface area contributed by atoms with Gasteiger partial charge in [-0.2, -0.15) is 0 Å². The number of thiophene rings is 1. The average Bonchev–Trinajstić information content (AvgIpc) is 3.31. The van der Waals surface area contributed by atoms with Crippen molar-refractivity contribution in [3.63, 3.8) is 0 Å². The first-order valence-electron chi connectivity index (χ1n) is 12.9. The van der Waals surface area contributed by atoms with Crippen LogP contribution in [0.15, 0.2) is 71.6 Å². The van der Waals surface area contributed by atoms with Crippen LogP contribution in [-0.4, -0.2) is 41.2 Å². The number of carboxylic acids is 1. The molecule has 0 saturated heterocycles. The van der Waals surface area contributed by atoms with Crippen LogP contribution in [0.2, 0.25) is 0 Å². The molecular formula is C30H30N2O6S2. The largest absolute Gasteiger partial charge is 0.478 e. The van der Waals surface area contributed by atoms with Crippen molar-refractivity contribution in [3.8, 4) is 0 Å². The lowest BCUT2D eigenvalue weighted by Gasteiger charge is -2.22. The van der Waals surface area contributed by atoms with E-state index < -0.39 is 23.1 Å². The maximum atomic E-state index is 13.4. The van der Waals surface area contributed by atoms with E-state index in [0.717, 1.165) is 46.8 Å². The molecule has 4 rings (SSSR count). The topological polar surface area (TPSA) is 122 Å². The van der Waals surface area contributed by atoms with E-state index in [-0.39, 0.29) is 5.91 Å². The zero-order valence-electron chi connectivity index (χ0n) is 22.1. The van der Waals surface area contributed by atoms with Gasteiger partial charge in [-0.25, -0.2) is 9.59 Å². The van der Waals surface area contributed by atoms with E-state index in [9.17, 15) is 19.2 Å². The molecule has 208 valence electrons. The molecule has 0 bridgehead atoms. The molecule has 1 heterocycles. The minimum atomic E-state index is -1.21. The number of aliphatic carboxylic acids is 1. The summed E-state index contributed by atoms with van der Waals surface area (Å²) in [4.78, 5) is 50.6. The molecule has 10 heteroatoms. The van der Waals surface area contributed by atoms with E-state index in [0.29, 0.717) is 28.6 Å². The second-order valence-electron chi connectivity index (χ2n) is 9.24. The SMILES string of the molecule is CCC(Sc1cccc(NC(=O)/C=C/C(=O)O)c1)C(=O)Nc1sc2c(c1C(=O)OC)CCC(c1ccccc1)C2. The summed E-state index contributed by atoms with van der Waals surface area (Å²) in [5, 5.41) is 14.4. The highest BCUT2D eigenvalue weighted by Gasteiger charge is 2.31. The molecule has 0 fully saturated rings. The summed E-state index contributed by atoms with van der Waals surface area (Å²) in [6, 6.07) is 17.3. The quantitative estimate of drug-likeness (QED) is 0.156. The summed E-state index contributed by atoms with van der Waals surface area (Å²) in [6.45, 7) is 1.91. The normalized spacial score (nSPS) is 15.2. The van der Waals surface area contributed by atoms with Crippen LogP contribution in [0.5, 0.6) is 0 Å². The molecule has 2 atom stereocenters. The monoisotopic (exact) mass is 578 g/mol. The third-order valence-electron chi connectivity index (χ3n) is 6.58. The number of nitrogens with one attached hydrogen (secondary N) is 2. The number of fused-ring (bicyclic) bond motifs is 1. The molecule has 40 heavy (non-hydrogen) atoms. The molecule has 8 nitrogen and oxygen atoms in total. The van der Waals surface area contributed by atoms with Crippen molar-refractivity contribution in [2.45, 2.75) is 48.7 Å². The number of thioether (sulfide) groups is 1. The lowest BCUT2D eigenvalue weighted by Crippen LogP contribution is -2.25. The van der Waals surface area contributed by atoms with Crippen molar-refractivity contribution in [1.82, 2.24) is 0 Å². The van der Waals surface area contributed by atoms with Crippen molar-refractivity contribution in [1.29, 1.82) is 0 Å². The number of anilines is 2. The van der Waals surface area contributed by atoms with Gasteiger partial charge in [-0.15, -0.1) is 23.1 Å². The van der Waals surface area contributed by atoms with Crippen LogP contribution in [0.3, 0.4) is 0 Å². The van der Waals surface area contributed by atoms with E-state index in [1.807, 2.05) is 31.2 Å². The summed E-state index contributed by atoms with van der Waals surface area (Å²) < 4.78 is 5.09. The molecule has 0 radical (unpaired) electrons. The van der Waals surface area contributed by atoms with Gasteiger partial charge in [0.15, 0.2) is 0 Å². The Labute approximate surface area is 240 Å². The number of esters is 1. The Bertz CT molecular complexity index is 1430. The smallest absolute Gasteiger partial charge is 0.341 e. The third kappa shape index (κ3) is 7.19. The lowest BCUT2D eigenvalue weighted by atomic mass is 9.83. The van der Waals surface area contributed by atoms with Gasteiger partial charge in [-0.05, 0) is 60.9 Å². The Morgan fingerprint density at radius 3 is 2.58 bits per heavy atom. The summed E-state index contributed by atoms with van der Waals surface area (Å²) in [7, 11) is 1.35. The van der Waals surface area contributed by atoms with Gasteiger partial charge in [0.25, 0.3) is 0 Å². The predicted octanol–water partition coefficient (Wildman–Crippen LogP) is 5.90. The van der Waals surface area contributed by atoms with E-state index in [1.165, 1.54) is 35.8 Å². The molecule has 2 amide bonds. The summed E-state index contributed by atoms with van der Waals surface area (Å²) >= 11 is 2.79. The number of carbonyl (C=O) groups excluding carboxylic acids is 3. The molecule has 1 aliphatic carbocycles. The molecule has 1 aromatic heterocycles. The Morgan fingerprint density at radius 2 is 1.88 bits per heavy atom. The van der Waals surface area contributed by atoms with Crippen LogP contribution in [0, 0.1) is 0 Å². The van der Waals surface area contributed by atoms with Gasteiger partial charge in [0.1, 0.15) is 5.00 Å². The number of hydrogen-bond donors (Lipinski definition) is 3. The molecule has 2 aromatic carbocycles. The Kier molecular flexibility index (Phi) is 9.79. The second kappa shape index (κ2) is 13.5. The van der Waals surface area contributed by atoms with Gasteiger partial charge in [0, 0.05) is 27.6 Å². The van der Waals surface area contributed by atoms with Gasteiger partial charge in [0.05, 0.1) is 17.9 Å². The van der Waals surface area contributed by atoms with Gasteiger partial charge < -0.3 is 20.5 Å². The number of carbonyl (C=O) groups is 4. The molecular weight excluding hydrogens is 548 g/mol.